The topological polar surface area (TPSA) is 69.6 Å². The highest BCUT2D eigenvalue weighted by atomic mass is 35.5. The van der Waals surface area contributed by atoms with Crippen LogP contribution in [0.25, 0.3) is 0 Å². The third-order valence-electron chi connectivity index (χ3n) is 6.31. The van der Waals surface area contributed by atoms with E-state index in [4.69, 9.17) is 11.6 Å². The van der Waals surface area contributed by atoms with E-state index in [0.717, 1.165) is 16.7 Å². The van der Waals surface area contributed by atoms with Crippen molar-refractivity contribution in [3.63, 3.8) is 0 Å². The Balaban J connectivity index is 1.59. The Morgan fingerprint density at radius 3 is 2.55 bits per heavy atom. The van der Waals surface area contributed by atoms with Gasteiger partial charge in [0.2, 0.25) is 0 Å². The van der Waals surface area contributed by atoms with E-state index in [-0.39, 0.29) is 11.8 Å². The van der Waals surface area contributed by atoms with Gasteiger partial charge < -0.3 is 15.3 Å². The van der Waals surface area contributed by atoms with Crippen LogP contribution >= 0.6 is 11.6 Å². The third kappa shape index (κ3) is 4.65. The highest BCUT2D eigenvalue weighted by Crippen LogP contribution is 2.36. The maximum Gasteiger partial charge on any atom is 0.258 e. The van der Waals surface area contributed by atoms with Crippen molar-refractivity contribution in [2.45, 2.75) is 39.7 Å². The number of nitrogens with one attached hydrogen (secondary N) is 1. The molecule has 0 radical (unpaired) electrons. The highest BCUT2D eigenvalue weighted by molar-refractivity contribution is 6.30. The molecule has 2 amide bonds. The molecule has 0 aromatic heterocycles. The van der Waals surface area contributed by atoms with Gasteiger partial charge in [-0.15, -0.1) is 0 Å². The molecule has 1 unspecified atom stereocenters. The molecule has 170 valence electrons. The van der Waals surface area contributed by atoms with Crippen molar-refractivity contribution in [1.29, 1.82) is 0 Å². The van der Waals surface area contributed by atoms with E-state index in [1.54, 1.807) is 41.3 Å². The molecule has 0 fully saturated rings. The van der Waals surface area contributed by atoms with Gasteiger partial charge in [-0.3, -0.25) is 9.59 Å². The lowest BCUT2D eigenvalue weighted by atomic mass is 10.0. The first-order valence-corrected chi connectivity index (χ1v) is 11.4. The molecule has 33 heavy (non-hydrogen) atoms. The number of rotatable bonds is 3. The lowest BCUT2D eigenvalue weighted by Crippen LogP contribution is -2.32. The summed E-state index contributed by atoms with van der Waals surface area (Å²) >= 11 is 6.14. The van der Waals surface area contributed by atoms with Crippen LogP contribution in [0.2, 0.25) is 5.02 Å². The number of anilines is 2. The van der Waals surface area contributed by atoms with Crippen molar-refractivity contribution in [3.8, 4) is 0 Å². The first kappa shape index (κ1) is 23.0. The number of halogens is 1. The number of carbonyl (C=O) groups is 2. The Bertz CT molecular complexity index is 1240. The summed E-state index contributed by atoms with van der Waals surface area (Å²) in [5, 5.41) is 14.0. The lowest BCUT2D eigenvalue weighted by molar-refractivity contribution is 0.0985. The smallest absolute Gasteiger partial charge is 0.258 e. The Labute approximate surface area is 199 Å². The van der Waals surface area contributed by atoms with E-state index >= 15 is 0 Å². The minimum atomic E-state index is -0.653. The first-order chi connectivity index (χ1) is 15.8. The number of fused-ring (bicyclic) bond motifs is 1. The maximum atomic E-state index is 13.5. The number of amides is 2. The van der Waals surface area contributed by atoms with E-state index in [0.29, 0.717) is 52.5 Å². The number of carbonyl (C=O) groups excluding carboxylic acids is 2. The highest BCUT2D eigenvalue weighted by Gasteiger charge is 2.27. The van der Waals surface area contributed by atoms with Crippen molar-refractivity contribution < 1.29 is 14.7 Å². The molecule has 3 aromatic rings. The Morgan fingerprint density at radius 1 is 1.00 bits per heavy atom. The molecular weight excluding hydrogens is 436 g/mol. The summed E-state index contributed by atoms with van der Waals surface area (Å²) in [7, 11) is 0. The van der Waals surface area contributed by atoms with Crippen LogP contribution in [-0.4, -0.2) is 23.5 Å². The molecule has 1 atom stereocenters. The lowest BCUT2D eigenvalue weighted by Gasteiger charge is -2.24. The van der Waals surface area contributed by atoms with Crippen molar-refractivity contribution >= 4 is 34.8 Å². The molecule has 4 rings (SSSR count). The SMILES string of the molecule is Cc1cc(NC(=O)c2cccc(C)c2C)ccc1C(=O)N1CCCC(O)c2cc(Cl)ccc21. The molecule has 0 saturated heterocycles. The zero-order valence-electron chi connectivity index (χ0n) is 19.0. The Hall–Kier alpha value is -3.15. The summed E-state index contributed by atoms with van der Waals surface area (Å²) in [6.07, 6.45) is 0.599. The maximum absolute atomic E-state index is 13.5. The summed E-state index contributed by atoms with van der Waals surface area (Å²) in [6.45, 7) is 6.27. The van der Waals surface area contributed by atoms with Gasteiger partial charge in [-0.05, 0) is 92.8 Å². The average Bonchev–Trinajstić information content (AvgIpc) is 2.94. The fourth-order valence-electron chi connectivity index (χ4n) is 4.29. The van der Waals surface area contributed by atoms with Gasteiger partial charge in [-0.2, -0.15) is 0 Å². The molecule has 1 aliphatic rings. The van der Waals surface area contributed by atoms with Crippen molar-refractivity contribution in [2.24, 2.45) is 0 Å². The second-order valence-corrected chi connectivity index (χ2v) is 8.99. The van der Waals surface area contributed by atoms with Crippen LogP contribution in [0, 0.1) is 20.8 Å². The molecule has 1 aliphatic heterocycles. The van der Waals surface area contributed by atoms with Gasteiger partial charge in [0, 0.05) is 39.6 Å². The number of hydrogen-bond donors (Lipinski definition) is 2. The molecule has 5 nitrogen and oxygen atoms in total. The standard InChI is InChI=1S/C27H27ClN2O3/c1-16-6-4-7-22(18(16)3)26(32)29-20-10-11-21(17(2)14-20)27(33)30-13-5-8-25(31)23-15-19(28)9-12-24(23)30/h4,6-7,9-12,14-15,25,31H,5,8,13H2,1-3H3,(H,29,32). The number of aliphatic hydroxyl groups excluding tert-OH is 1. The Kier molecular flexibility index (Phi) is 6.54. The number of aryl methyl sites for hydroxylation is 2. The largest absolute Gasteiger partial charge is 0.388 e. The molecule has 2 N–H and O–H groups in total. The number of hydrogen-bond acceptors (Lipinski definition) is 3. The zero-order chi connectivity index (χ0) is 23.7. The minimum Gasteiger partial charge on any atom is -0.388 e. The summed E-state index contributed by atoms with van der Waals surface area (Å²) in [4.78, 5) is 28.0. The van der Waals surface area contributed by atoms with Gasteiger partial charge in [0.1, 0.15) is 0 Å². The summed E-state index contributed by atoms with van der Waals surface area (Å²) in [6, 6.07) is 16.2. The van der Waals surface area contributed by atoms with Crippen LogP contribution in [0.5, 0.6) is 0 Å². The van der Waals surface area contributed by atoms with Gasteiger partial charge in [0.25, 0.3) is 11.8 Å². The molecule has 6 heteroatoms. The molecule has 0 spiro atoms. The van der Waals surface area contributed by atoms with Crippen LogP contribution in [0.15, 0.2) is 54.6 Å². The van der Waals surface area contributed by atoms with E-state index in [2.05, 4.69) is 5.32 Å². The van der Waals surface area contributed by atoms with Gasteiger partial charge in [-0.1, -0.05) is 23.7 Å². The summed E-state index contributed by atoms with van der Waals surface area (Å²) in [5.74, 6) is -0.320. The van der Waals surface area contributed by atoms with Crippen molar-refractivity contribution in [3.05, 3.63) is 93.0 Å². The summed E-state index contributed by atoms with van der Waals surface area (Å²) < 4.78 is 0. The molecule has 1 heterocycles. The minimum absolute atomic E-state index is 0.141. The second-order valence-electron chi connectivity index (χ2n) is 8.55. The summed E-state index contributed by atoms with van der Waals surface area (Å²) in [5.41, 5.74) is 5.93. The monoisotopic (exact) mass is 462 g/mol. The zero-order valence-corrected chi connectivity index (χ0v) is 19.7. The van der Waals surface area contributed by atoms with Crippen LogP contribution in [0.4, 0.5) is 11.4 Å². The number of nitrogens with zero attached hydrogens (tertiary/aromatic N) is 1. The normalized spacial score (nSPS) is 15.5. The van der Waals surface area contributed by atoms with Crippen LogP contribution in [0.1, 0.15) is 61.9 Å². The molecule has 0 bridgehead atoms. The van der Waals surface area contributed by atoms with Crippen molar-refractivity contribution in [2.75, 3.05) is 16.8 Å². The fraction of sp³-hybridized carbons (Fsp3) is 0.259. The predicted octanol–water partition coefficient (Wildman–Crippen LogP) is 5.99. The first-order valence-electron chi connectivity index (χ1n) is 11.0. The van der Waals surface area contributed by atoms with E-state index in [9.17, 15) is 14.7 Å². The second kappa shape index (κ2) is 9.38. The average molecular weight is 463 g/mol. The number of benzene rings is 3. The van der Waals surface area contributed by atoms with Crippen molar-refractivity contribution in [1.82, 2.24) is 0 Å². The number of aliphatic hydroxyl groups is 1. The van der Waals surface area contributed by atoms with E-state index < -0.39 is 6.10 Å². The van der Waals surface area contributed by atoms with Crippen LogP contribution in [0.3, 0.4) is 0 Å². The molecule has 0 aliphatic carbocycles. The van der Waals surface area contributed by atoms with Crippen LogP contribution < -0.4 is 10.2 Å². The molecule has 3 aromatic carbocycles. The van der Waals surface area contributed by atoms with Gasteiger partial charge in [0.15, 0.2) is 0 Å². The molecule has 0 saturated carbocycles. The van der Waals surface area contributed by atoms with E-state index in [1.165, 1.54) is 0 Å². The van der Waals surface area contributed by atoms with Gasteiger partial charge >= 0.3 is 0 Å². The Morgan fingerprint density at radius 2 is 1.79 bits per heavy atom. The van der Waals surface area contributed by atoms with Gasteiger partial charge in [0.05, 0.1) is 6.10 Å². The van der Waals surface area contributed by atoms with Crippen LogP contribution in [-0.2, 0) is 0 Å². The third-order valence-corrected chi connectivity index (χ3v) is 6.54. The van der Waals surface area contributed by atoms with E-state index in [1.807, 2.05) is 39.0 Å². The fourth-order valence-corrected chi connectivity index (χ4v) is 4.47. The predicted molar refractivity (Wildman–Crippen MR) is 132 cm³/mol. The quantitative estimate of drug-likeness (QED) is 0.502. The molecular formula is C27H27ClN2O3. The van der Waals surface area contributed by atoms with Gasteiger partial charge in [-0.25, -0.2) is 0 Å².